The average molecular weight is 444 g/mol. The molecule has 0 saturated carbocycles. The number of rotatable bonds is 6. The molecule has 1 aliphatic heterocycles. The molecule has 32 heavy (non-hydrogen) atoms. The molecule has 0 atom stereocenters. The number of nitrogens with one attached hydrogen (secondary N) is 1. The number of hydrogen-bond donors (Lipinski definition) is 2. The molecule has 1 aromatic carbocycles. The maximum absolute atomic E-state index is 12.5. The van der Waals surface area contributed by atoms with Crippen LogP contribution in [-0.2, 0) is 6.54 Å². The Balaban J connectivity index is 1.61. The molecule has 1 aliphatic rings. The Hall–Kier alpha value is -3.44. The van der Waals surface area contributed by atoms with Gasteiger partial charge in [-0.2, -0.15) is 10.2 Å². The van der Waals surface area contributed by atoms with Crippen molar-refractivity contribution in [1.82, 2.24) is 29.9 Å². The van der Waals surface area contributed by atoms with E-state index in [1.54, 1.807) is 21.8 Å². The smallest absolute Gasteiger partial charge is 0.406 e. The van der Waals surface area contributed by atoms with Crippen molar-refractivity contribution in [3.63, 3.8) is 0 Å². The van der Waals surface area contributed by atoms with Crippen LogP contribution in [0.2, 0.25) is 0 Å². The van der Waals surface area contributed by atoms with Crippen molar-refractivity contribution in [3.8, 4) is 22.6 Å². The van der Waals surface area contributed by atoms with E-state index < -0.39 is 6.36 Å². The summed E-state index contributed by atoms with van der Waals surface area (Å²) < 4.78 is 44.7. The highest BCUT2D eigenvalue weighted by Gasteiger charge is 2.31. The third-order valence-electron chi connectivity index (χ3n) is 5.35. The highest BCUT2D eigenvalue weighted by atomic mass is 19.4. The standard InChI is InChI=1S/C21H19F3N6O2/c22-21(23,24)32-16-3-1-15(2-4-16)30-20-18(19(28-30)13-9-25-10-13)17(5-6-26-20)14-11-27-29(12-14)7-8-31/h1-6,11-13,25,31H,7-10H2. The molecule has 0 bridgehead atoms. The largest absolute Gasteiger partial charge is 0.573 e. The summed E-state index contributed by atoms with van der Waals surface area (Å²) in [7, 11) is 0. The molecule has 1 fully saturated rings. The number of halogens is 3. The van der Waals surface area contributed by atoms with Gasteiger partial charge in [-0.25, -0.2) is 9.67 Å². The number of pyridine rings is 1. The summed E-state index contributed by atoms with van der Waals surface area (Å²) in [5.41, 5.74) is 3.82. The Labute approximate surface area is 180 Å². The maximum atomic E-state index is 12.5. The molecule has 0 spiro atoms. The highest BCUT2D eigenvalue weighted by molar-refractivity contribution is 5.95. The van der Waals surface area contributed by atoms with Gasteiger partial charge in [-0.3, -0.25) is 4.68 Å². The number of aliphatic hydroxyl groups excluding tert-OH is 1. The Kier molecular flexibility index (Phi) is 5.06. The first-order valence-corrected chi connectivity index (χ1v) is 10.0. The van der Waals surface area contributed by atoms with Gasteiger partial charge in [0, 0.05) is 37.0 Å². The van der Waals surface area contributed by atoms with E-state index in [1.165, 1.54) is 24.3 Å². The number of ether oxygens (including phenoxy) is 1. The predicted molar refractivity (Wildman–Crippen MR) is 109 cm³/mol. The van der Waals surface area contributed by atoms with Gasteiger partial charge in [-0.05, 0) is 35.9 Å². The molecule has 5 rings (SSSR count). The van der Waals surface area contributed by atoms with Gasteiger partial charge >= 0.3 is 6.36 Å². The Morgan fingerprint density at radius 1 is 1.16 bits per heavy atom. The maximum Gasteiger partial charge on any atom is 0.573 e. The Bertz CT molecular complexity index is 1240. The molecule has 4 heterocycles. The van der Waals surface area contributed by atoms with Crippen molar-refractivity contribution < 1.29 is 23.0 Å². The van der Waals surface area contributed by atoms with Gasteiger partial charge in [-0.15, -0.1) is 13.2 Å². The van der Waals surface area contributed by atoms with Gasteiger partial charge in [0.05, 0.1) is 36.1 Å². The Morgan fingerprint density at radius 3 is 2.59 bits per heavy atom. The monoisotopic (exact) mass is 444 g/mol. The molecular weight excluding hydrogens is 425 g/mol. The fourth-order valence-electron chi connectivity index (χ4n) is 3.77. The van der Waals surface area contributed by atoms with Crippen LogP contribution in [-0.4, -0.2) is 55.7 Å². The first kappa shape index (κ1) is 20.5. The number of benzene rings is 1. The van der Waals surface area contributed by atoms with Crippen molar-refractivity contribution in [3.05, 3.63) is 54.6 Å². The van der Waals surface area contributed by atoms with E-state index in [9.17, 15) is 18.3 Å². The second-order valence-electron chi connectivity index (χ2n) is 7.47. The van der Waals surface area contributed by atoms with Gasteiger partial charge in [0.1, 0.15) is 5.75 Å². The van der Waals surface area contributed by atoms with Crippen molar-refractivity contribution in [1.29, 1.82) is 0 Å². The summed E-state index contributed by atoms with van der Waals surface area (Å²) in [6.45, 7) is 1.93. The highest BCUT2D eigenvalue weighted by Crippen LogP contribution is 2.36. The van der Waals surface area contributed by atoms with E-state index in [4.69, 9.17) is 5.10 Å². The molecule has 2 N–H and O–H groups in total. The van der Waals surface area contributed by atoms with E-state index in [2.05, 4.69) is 20.1 Å². The van der Waals surface area contributed by atoms with Crippen LogP contribution in [0.15, 0.2) is 48.9 Å². The van der Waals surface area contributed by atoms with E-state index in [-0.39, 0.29) is 18.3 Å². The normalized spacial score (nSPS) is 14.6. The zero-order chi connectivity index (χ0) is 22.3. The van der Waals surface area contributed by atoms with Gasteiger partial charge in [0.2, 0.25) is 0 Å². The topological polar surface area (TPSA) is 90.0 Å². The number of nitrogens with zero attached hydrogens (tertiary/aromatic N) is 5. The van der Waals surface area contributed by atoms with Crippen LogP contribution in [0.5, 0.6) is 5.75 Å². The summed E-state index contributed by atoms with van der Waals surface area (Å²) in [6, 6.07) is 7.44. The van der Waals surface area contributed by atoms with Gasteiger partial charge in [0.25, 0.3) is 0 Å². The fraction of sp³-hybridized carbons (Fsp3) is 0.286. The minimum Gasteiger partial charge on any atom is -0.406 e. The SMILES string of the molecule is OCCn1cc(-c2ccnc3c2c(C2CNC2)nn3-c2ccc(OC(F)(F)F)cc2)cn1. The number of hydrogen-bond acceptors (Lipinski definition) is 6. The first-order chi connectivity index (χ1) is 15.4. The number of fused-ring (bicyclic) bond motifs is 1. The van der Waals surface area contributed by atoms with Gasteiger partial charge in [-0.1, -0.05) is 0 Å². The molecule has 166 valence electrons. The number of aliphatic hydroxyl groups is 1. The van der Waals surface area contributed by atoms with Crippen molar-refractivity contribution in [2.45, 2.75) is 18.8 Å². The molecular formula is C21H19F3N6O2. The lowest BCUT2D eigenvalue weighted by molar-refractivity contribution is -0.274. The molecule has 0 unspecified atom stereocenters. The minimum atomic E-state index is -4.75. The van der Waals surface area contributed by atoms with Gasteiger partial charge < -0.3 is 15.2 Å². The zero-order valence-corrected chi connectivity index (χ0v) is 16.8. The third-order valence-corrected chi connectivity index (χ3v) is 5.35. The Morgan fingerprint density at radius 2 is 1.94 bits per heavy atom. The minimum absolute atomic E-state index is 0.0160. The van der Waals surface area contributed by atoms with Crippen molar-refractivity contribution in [2.75, 3.05) is 19.7 Å². The average Bonchev–Trinajstić information content (AvgIpc) is 3.32. The third kappa shape index (κ3) is 3.80. The fourth-order valence-corrected chi connectivity index (χ4v) is 3.77. The molecule has 0 radical (unpaired) electrons. The van der Waals surface area contributed by atoms with Crippen LogP contribution in [0.1, 0.15) is 11.6 Å². The molecule has 8 nitrogen and oxygen atoms in total. The van der Waals surface area contributed by atoms with Crippen LogP contribution in [0.3, 0.4) is 0 Å². The van der Waals surface area contributed by atoms with Crippen LogP contribution >= 0.6 is 0 Å². The van der Waals surface area contributed by atoms with E-state index >= 15 is 0 Å². The lowest BCUT2D eigenvalue weighted by Crippen LogP contribution is -2.40. The summed E-state index contributed by atoms with van der Waals surface area (Å²) >= 11 is 0. The first-order valence-electron chi connectivity index (χ1n) is 10.0. The second kappa shape index (κ2) is 7.92. The van der Waals surface area contributed by atoms with Gasteiger partial charge in [0.15, 0.2) is 5.65 Å². The molecule has 0 amide bonds. The lowest BCUT2D eigenvalue weighted by Gasteiger charge is -2.25. The summed E-state index contributed by atoms with van der Waals surface area (Å²) in [5, 5.41) is 22.4. The molecule has 11 heteroatoms. The van der Waals surface area contributed by atoms with Crippen LogP contribution in [0.4, 0.5) is 13.2 Å². The zero-order valence-electron chi connectivity index (χ0n) is 16.8. The van der Waals surface area contributed by atoms with E-state index in [0.717, 1.165) is 35.3 Å². The van der Waals surface area contributed by atoms with E-state index in [0.29, 0.717) is 17.9 Å². The van der Waals surface area contributed by atoms with Crippen molar-refractivity contribution >= 4 is 11.0 Å². The molecule has 1 saturated heterocycles. The summed E-state index contributed by atoms with van der Waals surface area (Å²) in [6.07, 6.45) is 0.507. The number of alkyl halides is 3. The summed E-state index contributed by atoms with van der Waals surface area (Å²) in [4.78, 5) is 4.53. The predicted octanol–water partition coefficient (Wildman–Crippen LogP) is 2.86. The van der Waals surface area contributed by atoms with Crippen molar-refractivity contribution in [2.24, 2.45) is 0 Å². The molecule has 0 aliphatic carbocycles. The summed E-state index contributed by atoms with van der Waals surface area (Å²) in [5.74, 6) is -0.104. The lowest BCUT2D eigenvalue weighted by atomic mass is 9.94. The number of aromatic nitrogens is 5. The second-order valence-corrected chi connectivity index (χ2v) is 7.47. The van der Waals surface area contributed by atoms with Crippen LogP contribution in [0.25, 0.3) is 27.8 Å². The quantitative estimate of drug-likeness (QED) is 0.476. The van der Waals surface area contributed by atoms with E-state index in [1.807, 2.05) is 12.3 Å². The molecule has 3 aromatic heterocycles. The molecule has 4 aromatic rings. The van der Waals surface area contributed by atoms with Crippen LogP contribution < -0.4 is 10.1 Å². The van der Waals surface area contributed by atoms with Crippen LogP contribution in [0, 0.1) is 0 Å².